The Labute approximate surface area is 194 Å². The van der Waals surface area contributed by atoms with E-state index in [2.05, 4.69) is 25.8 Å². The Bertz CT molecular complexity index is 781. The van der Waals surface area contributed by atoms with Crippen LogP contribution in [0.4, 0.5) is 5.82 Å². The number of imidazole rings is 1. The number of esters is 1. The highest BCUT2D eigenvalue weighted by Gasteiger charge is 2.33. The van der Waals surface area contributed by atoms with Gasteiger partial charge in [0.1, 0.15) is 0 Å². The average Bonchev–Trinajstić information content (AvgIpc) is 2.89. The summed E-state index contributed by atoms with van der Waals surface area (Å²) < 4.78 is 7.95. The quantitative estimate of drug-likeness (QED) is 0.512. The van der Waals surface area contributed by atoms with Gasteiger partial charge in [0.25, 0.3) is 5.91 Å². The number of hydrogen-bond acceptors (Lipinski definition) is 6. The normalized spacial score (nSPS) is 20.2. The third kappa shape index (κ3) is 6.00. The van der Waals surface area contributed by atoms with Crippen molar-refractivity contribution in [1.29, 1.82) is 0 Å². The molecule has 174 valence electrons. The summed E-state index contributed by atoms with van der Waals surface area (Å²) in [5, 5.41) is 0. The number of rotatable bonds is 8. The minimum Gasteiger partial charge on any atom is -0.463 e. The zero-order chi connectivity index (χ0) is 22.5. The molecule has 2 aliphatic rings. The number of likely N-dealkylation sites (tertiary alicyclic amines) is 1. The lowest BCUT2D eigenvalue weighted by atomic mass is 9.97. The number of carbonyl (C=O) groups is 2. The standard InChI is InChI=1S/C22H36BrN5O3/c1-5-28-19-20(24-22(28)23)25(4)15-27(21(19)30)12-7-11-26-10-6-8-17(9-13-26)14-18(29)31-16(2)3/h16-17H,5-15H2,1-4H3. The van der Waals surface area contributed by atoms with Gasteiger partial charge in [-0.25, -0.2) is 4.98 Å². The van der Waals surface area contributed by atoms with E-state index in [1.54, 1.807) is 0 Å². The molecule has 3 heterocycles. The smallest absolute Gasteiger partial charge is 0.306 e. The summed E-state index contributed by atoms with van der Waals surface area (Å²) in [6.45, 7) is 10.9. The van der Waals surface area contributed by atoms with Gasteiger partial charge in [-0.1, -0.05) is 0 Å². The van der Waals surface area contributed by atoms with E-state index in [9.17, 15) is 9.59 Å². The fourth-order valence-electron chi connectivity index (χ4n) is 4.57. The maximum atomic E-state index is 13.1. The van der Waals surface area contributed by atoms with E-state index in [-0.39, 0.29) is 18.0 Å². The Morgan fingerprint density at radius 2 is 2.03 bits per heavy atom. The first-order valence-electron chi connectivity index (χ1n) is 11.5. The number of ether oxygens (including phenoxy) is 1. The van der Waals surface area contributed by atoms with Gasteiger partial charge in [0.2, 0.25) is 0 Å². The molecule has 1 atom stereocenters. The number of carbonyl (C=O) groups excluding carboxylic acids is 2. The molecular weight excluding hydrogens is 462 g/mol. The predicted molar refractivity (Wildman–Crippen MR) is 124 cm³/mol. The molecule has 0 radical (unpaired) electrons. The van der Waals surface area contributed by atoms with E-state index in [1.165, 1.54) is 0 Å². The predicted octanol–water partition coefficient (Wildman–Crippen LogP) is 3.35. The number of amides is 1. The summed E-state index contributed by atoms with van der Waals surface area (Å²) in [7, 11) is 1.98. The summed E-state index contributed by atoms with van der Waals surface area (Å²) in [6.07, 6.45) is 4.65. The van der Waals surface area contributed by atoms with Crippen LogP contribution in [0.5, 0.6) is 0 Å². The Balaban J connectivity index is 1.47. The minimum absolute atomic E-state index is 0.0422. The lowest BCUT2D eigenvalue weighted by molar-refractivity contribution is -0.148. The molecule has 1 fully saturated rings. The van der Waals surface area contributed by atoms with E-state index in [4.69, 9.17) is 4.74 Å². The van der Waals surface area contributed by atoms with Crippen LogP contribution < -0.4 is 4.90 Å². The van der Waals surface area contributed by atoms with Crippen molar-refractivity contribution in [1.82, 2.24) is 19.4 Å². The molecule has 0 saturated carbocycles. The van der Waals surface area contributed by atoms with Crippen molar-refractivity contribution >= 4 is 33.6 Å². The van der Waals surface area contributed by atoms with Crippen LogP contribution in [-0.4, -0.2) is 77.2 Å². The van der Waals surface area contributed by atoms with Crippen molar-refractivity contribution in [2.45, 2.75) is 65.5 Å². The molecule has 0 bridgehead atoms. The van der Waals surface area contributed by atoms with Gasteiger partial charge in [-0.05, 0) is 87.9 Å². The second-order valence-corrected chi connectivity index (χ2v) is 9.65. The number of nitrogens with zero attached hydrogens (tertiary/aromatic N) is 5. The first-order valence-corrected chi connectivity index (χ1v) is 12.3. The molecule has 1 unspecified atom stereocenters. The number of aromatic nitrogens is 2. The number of hydrogen-bond donors (Lipinski definition) is 0. The van der Waals surface area contributed by atoms with E-state index in [0.717, 1.165) is 57.7 Å². The molecule has 8 nitrogen and oxygen atoms in total. The zero-order valence-electron chi connectivity index (χ0n) is 19.3. The van der Waals surface area contributed by atoms with Crippen LogP contribution in [0, 0.1) is 5.92 Å². The van der Waals surface area contributed by atoms with Crippen LogP contribution in [0.25, 0.3) is 0 Å². The van der Waals surface area contributed by atoms with Crippen molar-refractivity contribution < 1.29 is 14.3 Å². The van der Waals surface area contributed by atoms with Crippen LogP contribution in [-0.2, 0) is 16.1 Å². The minimum atomic E-state index is -0.0708. The van der Waals surface area contributed by atoms with Gasteiger partial charge < -0.3 is 24.0 Å². The molecule has 0 aromatic carbocycles. The van der Waals surface area contributed by atoms with E-state index in [0.29, 0.717) is 36.0 Å². The lowest BCUT2D eigenvalue weighted by Gasteiger charge is -2.34. The van der Waals surface area contributed by atoms with Gasteiger partial charge in [0, 0.05) is 26.6 Å². The summed E-state index contributed by atoms with van der Waals surface area (Å²) >= 11 is 3.47. The van der Waals surface area contributed by atoms with Gasteiger partial charge in [0.15, 0.2) is 16.2 Å². The van der Waals surface area contributed by atoms with Gasteiger partial charge in [-0.15, -0.1) is 0 Å². The number of anilines is 1. The third-order valence-electron chi connectivity index (χ3n) is 6.12. The second-order valence-electron chi connectivity index (χ2n) is 8.94. The highest BCUT2D eigenvalue weighted by molar-refractivity contribution is 9.10. The molecule has 31 heavy (non-hydrogen) atoms. The SMILES string of the molecule is CCn1c(Br)nc2c1C(=O)N(CCCN1CCCC(CC(=O)OC(C)C)CC1)CN2C. The molecule has 3 rings (SSSR count). The molecule has 1 amide bonds. The van der Waals surface area contributed by atoms with Crippen LogP contribution in [0.3, 0.4) is 0 Å². The van der Waals surface area contributed by atoms with Gasteiger partial charge in [0.05, 0.1) is 12.8 Å². The maximum absolute atomic E-state index is 13.1. The molecule has 0 aliphatic carbocycles. The van der Waals surface area contributed by atoms with Crippen molar-refractivity contribution in [3.63, 3.8) is 0 Å². The topological polar surface area (TPSA) is 70.9 Å². The maximum Gasteiger partial charge on any atom is 0.306 e. The van der Waals surface area contributed by atoms with E-state index < -0.39 is 0 Å². The number of halogens is 1. The van der Waals surface area contributed by atoms with Crippen molar-refractivity contribution in [2.24, 2.45) is 5.92 Å². The Morgan fingerprint density at radius 1 is 1.26 bits per heavy atom. The van der Waals surface area contributed by atoms with Gasteiger partial charge >= 0.3 is 5.97 Å². The largest absolute Gasteiger partial charge is 0.463 e. The summed E-state index contributed by atoms with van der Waals surface area (Å²) in [5.41, 5.74) is 0.675. The molecule has 2 aliphatic heterocycles. The van der Waals surface area contributed by atoms with Gasteiger partial charge in [-0.3, -0.25) is 9.59 Å². The van der Waals surface area contributed by atoms with E-state index in [1.807, 2.05) is 42.2 Å². The second kappa shape index (κ2) is 10.8. The van der Waals surface area contributed by atoms with Crippen molar-refractivity contribution in [3.05, 3.63) is 10.4 Å². The van der Waals surface area contributed by atoms with Crippen LogP contribution in [0.2, 0.25) is 0 Å². The first kappa shape index (κ1) is 24.0. The van der Waals surface area contributed by atoms with Crippen LogP contribution >= 0.6 is 15.9 Å². The molecule has 0 spiro atoms. The summed E-state index contributed by atoms with van der Waals surface area (Å²) in [4.78, 5) is 36.0. The summed E-state index contributed by atoms with van der Waals surface area (Å²) in [5.74, 6) is 1.16. The zero-order valence-corrected chi connectivity index (χ0v) is 20.9. The Hall–Kier alpha value is -1.61. The summed E-state index contributed by atoms with van der Waals surface area (Å²) in [6, 6.07) is 0. The van der Waals surface area contributed by atoms with Crippen LogP contribution in [0.1, 0.15) is 63.4 Å². The molecule has 9 heteroatoms. The number of fused-ring (bicyclic) bond motifs is 1. The fraction of sp³-hybridized carbons (Fsp3) is 0.773. The lowest BCUT2D eigenvalue weighted by Crippen LogP contribution is -2.46. The molecule has 0 N–H and O–H groups in total. The van der Waals surface area contributed by atoms with Crippen molar-refractivity contribution in [2.75, 3.05) is 44.8 Å². The molecule has 1 aromatic rings. The average molecular weight is 498 g/mol. The van der Waals surface area contributed by atoms with Crippen LogP contribution in [0.15, 0.2) is 4.73 Å². The third-order valence-corrected chi connectivity index (χ3v) is 6.72. The fourth-order valence-corrected chi connectivity index (χ4v) is 5.17. The molecule has 1 aromatic heterocycles. The molecular formula is C22H36BrN5O3. The Kier molecular flexibility index (Phi) is 8.38. The monoisotopic (exact) mass is 497 g/mol. The first-order chi connectivity index (χ1) is 14.8. The molecule has 1 saturated heterocycles. The van der Waals surface area contributed by atoms with E-state index >= 15 is 0 Å². The highest BCUT2D eigenvalue weighted by atomic mass is 79.9. The Morgan fingerprint density at radius 3 is 2.74 bits per heavy atom. The van der Waals surface area contributed by atoms with Gasteiger partial charge in [-0.2, -0.15) is 0 Å². The highest BCUT2D eigenvalue weighted by Crippen LogP contribution is 2.29. The van der Waals surface area contributed by atoms with Crippen molar-refractivity contribution in [3.8, 4) is 0 Å².